The topological polar surface area (TPSA) is 82.1 Å². The van der Waals surface area contributed by atoms with E-state index in [1.165, 1.54) is 31.4 Å². The number of esters is 1. The van der Waals surface area contributed by atoms with E-state index in [-0.39, 0.29) is 30.5 Å². The summed E-state index contributed by atoms with van der Waals surface area (Å²) < 4.78 is 28.6. The highest BCUT2D eigenvalue weighted by Gasteiger charge is 2.35. The lowest BCUT2D eigenvalue weighted by Crippen LogP contribution is -2.27. The van der Waals surface area contributed by atoms with E-state index in [0.29, 0.717) is 22.6 Å². The molecule has 0 spiro atoms. The van der Waals surface area contributed by atoms with Gasteiger partial charge < -0.3 is 14.2 Å². The summed E-state index contributed by atoms with van der Waals surface area (Å²) >= 11 is 0.828. The van der Waals surface area contributed by atoms with Gasteiger partial charge in [0.1, 0.15) is 5.82 Å². The maximum atomic E-state index is 13.1. The number of rotatable bonds is 8. The Balaban J connectivity index is 1.73. The largest absolute Gasteiger partial charge is 0.493 e. The molecule has 2 aromatic carbocycles. The molecule has 3 rings (SSSR count). The molecule has 1 saturated heterocycles. The molecule has 1 fully saturated rings. The normalized spacial score (nSPS) is 14.8. The molecule has 162 valence electrons. The third kappa shape index (κ3) is 5.64. The molecule has 0 aliphatic carbocycles. The fourth-order valence-corrected chi connectivity index (χ4v) is 3.63. The molecule has 31 heavy (non-hydrogen) atoms. The SMILES string of the molecule is CCOC(=O)COc1ccc(/C=C2\SC(=O)N(Cc3ccc(F)cc3)C2=O)cc1OC. The van der Waals surface area contributed by atoms with E-state index in [0.717, 1.165) is 16.7 Å². The van der Waals surface area contributed by atoms with E-state index in [2.05, 4.69) is 0 Å². The molecule has 9 heteroatoms. The van der Waals surface area contributed by atoms with Gasteiger partial charge in [-0.25, -0.2) is 9.18 Å². The molecule has 0 saturated carbocycles. The molecule has 1 heterocycles. The van der Waals surface area contributed by atoms with Crippen LogP contribution in [0.2, 0.25) is 0 Å². The lowest BCUT2D eigenvalue weighted by atomic mass is 10.1. The Kier molecular flexibility index (Phi) is 7.30. The first-order valence-electron chi connectivity index (χ1n) is 9.37. The van der Waals surface area contributed by atoms with Crippen LogP contribution in [0, 0.1) is 5.82 Å². The standard InChI is InChI=1S/C22H20FNO6S/c1-3-29-20(25)13-30-17-9-6-15(10-18(17)28-2)11-19-21(26)24(22(27)31-19)12-14-4-7-16(23)8-5-14/h4-11H,3,12-13H2,1-2H3/b19-11-. The summed E-state index contributed by atoms with van der Waals surface area (Å²) in [6, 6.07) is 10.5. The van der Waals surface area contributed by atoms with Gasteiger partial charge in [-0.3, -0.25) is 14.5 Å². The third-order valence-corrected chi connectivity index (χ3v) is 5.17. The summed E-state index contributed by atoms with van der Waals surface area (Å²) in [5.41, 5.74) is 1.27. The first kappa shape index (κ1) is 22.4. The lowest BCUT2D eigenvalue weighted by molar-refractivity contribution is -0.145. The van der Waals surface area contributed by atoms with Crippen LogP contribution in [0.3, 0.4) is 0 Å². The summed E-state index contributed by atoms with van der Waals surface area (Å²) in [5, 5.41) is -0.401. The van der Waals surface area contributed by atoms with Crippen LogP contribution in [-0.2, 0) is 20.9 Å². The Morgan fingerprint density at radius 1 is 1.13 bits per heavy atom. The second-order valence-corrected chi connectivity index (χ2v) is 7.39. The molecule has 2 amide bonds. The summed E-state index contributed by atoms with van der Waals surface area (Å²) in [5.74, 6) is -0.605. The monoisotopic (exact) mass is 445 g/mol. The minimum Gasteiger partial charge on any atom is -0.493 e. The van der Waals surface area contributed by atoms with E-state index in [1.807, 2.05) is 0 Å². The average Bonchev–Trinajstić information content (AvgIpc) is 3.01. The molecule has 1 aliphatic rings. The third-order valence-electron chi connectivity index (χ3n) is 4.26. The number of nitrogens with zero attached hydrogens (tertiary/aromatic N) is 1. The molecule has 7 nitrogen and oxygen atoms in total. The second-order valence-electron chi connectivity index (χ2n) is 6.40. The van der Waals surface area contributed by atoms with E-state index in [4.69, 9.17) is 14.2 Å². The first-order chi connectivity index (χ1) is 14.9. The van der Waals surface area contributed by atoms with Crippen LogP contribution in [0.4, 0.5) is 9.18 Å². The summed E-state index contributed by atoms with van der Waals surface area (Å²) in [6.07, 6.45) is 1.58. The zero-order chi connectivity index (χ0) is 22.4. The van der Waals surface area contributed by atoms with Crippen LogP contribution in [-0.4, -0.2) is 42.3 Å². The Bertz CT molecular complexity index is 1020. The molecular formula is C22H20FNO6S. The van der Waals surface area contributed by atoms with Gasteiger partial charge in [-0.05, 0) is 60.2 Å². The van der Waals surface area contributed by atoms with Crippen LogP contribution in [0.25, 0.3) is 6.08 Å². The summed E-state index contributed by atoms with van der Waals surface area (Å²) in [7, 11) is 1.45. The molecular weight excluding hydrogens is 425 g/mol. The Morgan fingerprint density at radius 2 is 1.87 bits per heavy atom. The number of ether oxygens (including phenoxy) is 3. The molecule has 0 aromatic heterocycles. The van der Waals surface area contributed by atoms with E-state index in [1.54, 1.807) is 31.2 Å². The van der Waals surface area contributed by atoms with Crippen molar-refractivity contribution in [3.05, 3.63) is 64.3 Å². The zero-order valence-corrected chi connectivity index (χ0v) is 17.7. The van der Waals surface area contributed by atoms with Crippen molar-refractivity contribution in [2.24, 2.45) is 0 Å². The number of hydrogen-bond acceptors (Lipinski definition) is 7. The van der Waals surface area contributed by atoms with Crippen molar-refractivity contribution in [1.82, 2.24) is 4.90 Å². The van der Waals surface area contributed by atoms with Crippen LogP contribution in [0.1, 0.15) is 18.1 Å². The highest BCUT2D eigenvalue weighted by atomic mass is 32.2. The number of carbonyl (C=O) groups is 3. The van der Waals surface area contributed by atoms with Crippen molar-refractivity contribution < 1.29 is 33.0 Å². The predicted molar refractivity (Wildman–Crippen MR) is 113 cm³/mol. The molecule has 0 atom stereocenters. The molecule has 1 aliphatic heterocycles. The number of thioether (sulfide) groups is 1. The van der Waals surface area contributed by atoms with Crippen molar-refractivity contribution in [3.63, 3.8) is 0 Å². The minimum atomic E-state index is -0.497. The quantitative estimate of drug-likeness (QED) is 0.448. The Morgan fingerprint density at radius 3 is 2.55 bits per heavy atom. The lowest BCUT2D eigenvalue weighted by Gasteiger charge is -2.12. The van der Waals surface area contributed by atoms with Gasteiger partial charge in [0.25, 0.3) is 11.1 Å². The van der Waals surface area contributed by atoms with Gasteiger partial charge >= 0.3 is 5.97 Å². The fraction of sp³-hybridized carbons (Fsp3) is 0.227. The first-order valence-corrected chi connectivity index (χ1v) is 10.2. The highest BCUT2D eigenvalue weighted by Crippen LogP contribution is 2.35. The van der Waals surface area contributed by atoms with Gasteiger partial charge in [0, 0.05) is 0 Å². The molecule has 0 N–H and O–H groups in total. The number of hydrogen-bond donors (Lipinski definition) is 0. The maximum Gasteiger partial charge on any atom is 0.344 e. The molecule has 0 bridgehead atoms. The number of imide groups is 1. The number of benzene rings is 2. The maximum absolute atomic E-state index is 13.1. The van der Waals surface area contributed by atoms with Gasteiger partial charge in [-0.2, -0.15) is 0 Å². The number of amides is 2. The molecule has 2 aromatic rings. The van der Waals surface area contributed by atoms with Crippen molar-refractivity contribution in [1.29, 1.82) is 0 Å². The molecule has 0 unspecified atom stereocenters. The smallest absolute Gasteiger partial charge is 0.344 e. The van der Waals surface area contributed by atoms with E-state index in [9.17, 15) is 18.8 Å². The number of carbonyl (C=O) groups excluding carboxylic acids is 3. The average molecular weight is 445 g/mol. The summed E-state index contributed by atoms with van der Waals surface area (Å²) in [6.45, 7) is 1.77. The minimum absolute atomic E-state index is 0.0618. The van der Waals surface area contributed by atoms with E-state index < -0.39 is 17.1 Å². The van der Waals surface area contributed by atoms with E-state index >= 15 is 0 Å². The van der Waals surface area contributed by atoms with Gasteiger partial charge in [0.05, 0.1) is 25.2 Å². The van der Waals surface area contributed by atoms with Gasteiger partial charge in [0.2, 0.25) is 0 Å². The van der Waals surface area contributed by atoms with Crippen LogP contribution < -0.4 is 9.47 Å². The molecule has 0 radical (unpaired) electrons. The second kappa shape index (κ2) is 10.1. The van der Waals surface area contributed by atoms with Crippen LogP contribution >= 0.6 is 11.8 Å². The van der Waals surface area contributed by atoms with Crippen molar-refractivity contribution in [2.45, 2.75) is 13.5 Å². The highest BCUT2D eigenvalue weighted by molar-refractivity contribution is 8.18. The van der Waals surface area contributed by atoms with Crippen molar-refractivity contribution >= 4 is 35.0 Å². The van der Waals surface area contributed by atoms with Crippen LogP contribution in [0.15, 0.2) is 47.4 Å². The van der Waals surface area contributed by atoms with Crippen molar-refractivity contribution in [3.8, 4) is 11.5 Å². The van der Waals surface area contributed by atoms with Gasteiger partial charge in [0.15, 0.2) is 18.1 Å². The number of methoxy groups -OCH3 is 1. The van der Waals surface area contributed by atoms with Gasteiger partial charge in [-0.15, -0.1) is 0 Å². The van der Waals surface area contributed by atoms with Crippen LogP contribution in [0.5, 0.6) is 11.5 Å². The van der Waals surface area contributed by atoms with Crippen molar-refractivity contribution in [2.75, 3.05) is 20.3 Å². The zero-order valence-electron chi connectivity index (χ0n) is 16.9. The predicted octanol–water partition coefficient (Wildman–Crippen LogP) is 4.01. The number of halogens is 1. The fourth-order valence-electron chi connectivity index (χ4n) is 2.79. The Hall–Kier alpha value is -3.33. The van der Waals surface area contributed by atoms with Gasteiger partial charge in [-0.1, -0.05) is 18.2 Å². The summed E-state index contributed by atoms with van der Waals surface area (Å²) in [4.78, 5) is 37.8. The Labute approximate surface area is 182 Å².